The van der Waals surface area contributed by atoms with Gasteiger partial charge in [-0.1, -0.05) is 53.0 Å². The number of benzene rings is 2. The number of urea groups is 1. The Morgan fingerprint density at radius 3 is 2.63 bits per heavy atom. The van der Waals surface area contributed by atoms with Gasteiger partial charge in [0.15, 0.2) is 0 Å². The van der Waals surface area contributed by atoms with Crippen molar-refractivity contribution in [1.82, 2.24) is 19.8 Å². The van der Waals surface area contributed by atoms with E-state index in [-0.39, 0.29) is 12.1 Å². The molecule has 1 aliphatic heterocycles. The standard InChI is InChI=1S/C22H21Cl3N4O/c23-17-6-3-15(4-7-17)14-28-11-9-26-21(28)20-2-1-10-29(20)22(30)27-13-16-5-8-18(24)12-19(16)25/h3-9,11-12,20H,1-2,10,13-14H2,(H,27,30)/t20-/m1/s1. The molecular formula is C22H21Cl3N4O. The molecule has 1 atom stereocenters. The highest BCUT2D eigenvalue weighted by Crippen LogP contribution is 2.31. The Hall–Kier alpha value is -2.21. The summed E-state index contributed by atoms with van der Waals surface area (Å²) in [6.07, 6.45) is 5.55. The lowest BCUT2D eigenvalue weighted by atomic mass is 10.2. The molecule has 0 unspecified atom stereocenters. The molecule has 1 aromatic heterocycles. The van der Waals surface area contributed by atoms with Crippen LogP contribution in [0.2, 0.25) is 15.1 Å². The van der Waals surface area contributed by atoms with Gasteiger partial charge >= 0.3 is 6.03 Å². The van der Waals surface area contributed by atoms with Gasteiger partial charge in [0.05, 0.1) is 6.04 Å². The fourth-order valence-corrected chi connectivity index (χ4v) is 4.36. The van der Waals surface area contributed by atoms with Crippen molar-refractivity contribution in [3.05, 3.63) is 86.9 Å². The van der Waals surface area contributed by atoms with Crippen molar-refractivity contribution in [3.8, 4) is 0 Å². The summed E-state index contributed by atoms with van der Waals surface area (Å²) in [4.78, 5) is 19.3. The minimum absolute atomic E-state index is 0.0620. The molecule has 0 bridgehead atoms. The summed E-state index contributed by atoms with van der Waals surface area (Å²) < 4.78 is 2.09. The average molecular weight is 464 g/mol. The summed E-state index contributed by atoms with van der Waals surface area (Å²) in [6.45, 7) is 1.72. The number of nitrogens with one attached hydrogen (secondary N) is 1. The van der Waals surface area contributed by atoms with Gasteiger partial charge in [0.1, 0.15) is 5.82 Å². The molecule has 1 fully saturated rings. The molecular weight excluding hydrogens is 443 g/mol. The van der Waals surface area contributed by atoms with Gasteiger partial charge in [-0.15, -0.1) is 0 Å². The largest absolute Gasteiger partial charge is 0.334 e. The van der Waals surface area contributed by atoms with Gasteiger partial charge in [-0.3, -0.25) is 0 Å². The van der Waals surface area contributed by atoms with Crippen molar-refractivity contribution in [2.45, 2.75) is 32.0 Å². The highest BCUT2D eigenvalue weighted by molar-refractivity contribution is 6.35. The summed E-state index contributed by atoms with van der Waals surface area (Å²) in [6, 6.07) is 12.8. The van der Waals surface area contributed by atoms with E-state index in [0.29, 0.717) is 34.7 Å². The zero-order chi connectivity index (χ0) is 21.1. The number of amides is 2. The van der Waals surface area contributed by atoms with Gasteiger partial charge in [0.2, 0.25) is 0 Å². The van der Waals surface area contributed by atoms with Crippen LogP contribution in [-0.2, 0) is 13.1 Å². The smallest absolute Gasteiger partial charge is 0.318 e. The van der Waals surface area contributed by atoms with Crippen LogP contribution in [0.15, 0.2) is 54.9 Å². The molecule has 2 heterocycles. The number of aromatic nitrogens is 2. The average Bonchev–Trinajstić information content (AvgIpc) is 3.38. The number of hydrogen-bond donors (Lipinski definition) is 1. The maximum atomic E-state index is 12.9. The third-order valence-corrected chi connectivity index (χ3v) is 6.11. The van der Waals surface area contributed by atoms with Crippen LogP contribution in [0.4, 0.5) is 4.79 Å². The molecule has 0 spiro atoms. The Morgan fingerprint density at radius 1 is 1.10 bits per heavy atom. The quantitative estimate of drug-likeness (QED) is 0.509. The predicted octanol–water partition coefficient (Wildman–Crippen LogP) is 5.94. The van der Waals surface area contributed by atoms with Crippen LogP contribution >= 0.6 is 34.8 Å². The molecule has 1 N–H and O–H groups in total. The Labute approximate surface area is 190 Å². The van der Waals surface area contributed by atoms with Crippen molar-refractivity contribution in [3.63, 3.8) is 0 Å². The van der Waals surface area contributed by atoms with E-state index in [1.165, 1.54) is 0 Å². The van der Waals surface area contributed by atoms with E-state index in [9.17, 15) is 4.79 Å². The van der Waals surface area contributed by atoms with E-state index in [1.807, 2.05) is 41.4 Å². The number of carbonyl (C=O) groups excluding carboxylic acids is 1. The van der Waals surface area contributed by atoms with Gasteiger partial charge in [-0.05, 0) is 48.2 Å². The van der Waals surface area contributed by atoms with Crippen molar-refractivity contribution >= 4 is 40.8 Å². The molecule has 156 valence electrons. The van der Waals surface area contributed by atoms with E-state index in [0.717, 1.165) is 29.8 Å². The van der Waals surface area contributed by atoms with Crippen LogP contribution in [-0.4, -0.2) is 27.0 Å². The lowest BCUT2D eigenvalue weighted by molar-refractivity contribution is 0.189. The molecule has 0 aliphatic carbocycles. The van der Waals surface area contributed by atoms with Crippen molar-refractivity contribution in [1.29, 1.82) is 0 Å². The fraction of sp³-hybridized carbons (Fsp3) is 0.273. The minimum Gasteiger partial charge on any atom is -0.334 e. The molecule has 30 heavy (non-hydrogen) atoms. The SMILES string of the molecule is O=C(NCc1ccc(Cl)cc1Cl)N1CCC[C@@H]1c1nccn1Cc1ccc(Cl)cc1. The lowest BCUT2D eigenvalue weighted by Gasteiger charge is -2.25. The molecule has 0 radical (unpaired) electrons. The van der Waals surface area contributed by atoms with E-state index in [2.05, 4.69) is 14.9 Å². The second-order valence-electron chi connectivity index (χ2n) is 7.29. The van der Waals surface area contributed by atoms with E-state index >= 15 is 0 Å². The third kappa shape index (κ3) is 4.75. The first kappa shape index (κ1) is 21.0. The first-order chi connectivity index (χ1) is 14.5. The highest BCUT2D eigenvalue weighted by atomic mass is 35.5. The van der Waals surface area contributed by atoms with Crippen molar-refractivity contribution in [2.75, 3.05) is 6.54 Å². The van der Waals surface area contributed by atoms with Crippen LogP contribution in [0.1, 0.15) is 35.8 Å². The molecule has 1 aliphatic rings. The van der Waals surface area contributed by atoms with E-state index in [4.69, 9.17) is 34.8 Å². The summed E-state index contributed by atoms with van der Waals surface area (Å²) in [7, 11) is 0. The Kier molecular flexibility index (Phi) is 6.52. The molecule has 3 aromatic rings. The third-order valence-electron chi connectivity index (χ3n) is 5.27. The van der Waals surface area contributed by atoms with Gasteiger partial charge in [-0.2, -0.15) is 0 Å². The zero-order valence-corrected chi connectivity index (χ0v) is 18.5. The van der Waals surface area contributed by atoms with Crippen LogP contribution in [0.25, 0.3) is 0 Å². The van der Waals surface area contributed by atoms with Crippen LogP contribution in [0.3, 0.4) is 0 Å². The zero-order valence-electron chi connectivity index (χ0n) is 16.2. The van der Waals surface area contributed by atoms with Gasteiger partial charge in [-0.25, -0.2) is 9.78 Å². The number of nitrogens with zero attached hydrogens (tertiary/aromatic N) is 3. The Bertz CT molecular complexity index is 1040. The normalized spacial score (nSPS) is 16.1. The second kappa shape index (κ2) is 9.29. The number of imidazole rings is 1. The Balaban J connectivity index is 1.45. The molecule has 2 aromatic carbocycles. The maximum Gasteiger partial charge on any atom is 0.318 e. The van der Waals surface area contributed by atoms with Crippen molar-refractivity contribution < 1.29 is 4.79 Å². The summed E-state index contributed by atoms with van der Waals surface area (Å²) in [5.41, 5.74) is 1.96. The first-order valence-electron chi connectivity index (χ1n) is 9.75. The number of likely N-dealkylation sites (tertiary alicyclic amines) is 1. The van der Waals surface area contributed by atoms with Crippen LogP contribution in [0, 0.1) is 0 Å². The topological polar surface area (TPSA) is 50.2 Å². The Morgan fingerprint density at radius 2 is 1.87 bits per heavy atom. The highest BCUT2D eigenvalue weighted by Gasteiger charge is 2.32. The molecule has 8 heteroatoms. The second-order valence-corrected chi connectivity index (χ2v) is 8.57. The number of rotatable bonds is 5. The molecule has 4 rings (SSSR count). The first-order valence-corrected chi connectivity index (χ1v) is 10.9. The lowest BCUT2D eigenvalue weighted by Crippen LogP contribution is -2.39. The summed E-state index contributed by atoms with van der Waals surface area (Å²) >= 11 is 18.2. The van der Waals surface area contributed by atoms with Crippen LogP contribution in [0.5, 0.6) is 0 Å². The van der Waals surface area contributed by atoms with Gasteiger partial charge < -0.3 is 14.8 Å². The maximum absolute atomic E-state index is 12.9. The number of halogens is 3. The molecule has 2 amide bonds. The number of carbonyl (C=O) groups is 1. The van der Waals surface area contributed by atoms with Crippen LogP contribution < -0.4 is 5.32 Å². The molecule has 5 nitrogen and oxygen atoms in total. The monoisotopic (exact) mass is 462 g/mol. The van der Waals surface area contributed by atoms with E-state index in [1.54, 1.807) is 18.3 Å². The number of hydrogen-bond acceptors (Lipinski definition) is 2. The fourth-order valence-electron chi connectivity index (χ4n) is 3.75. The summed E-state index contributed by atoms with van der Waals surface area (Å²) in [5, 5.41) is 4.80. The summed E-state index contributed by atoms with van der Waals surface area (Å²) in [5.74, 6) is 0.891. The van der Waals surface area contributed by atoms with E-state index < -0.39 is 0 Å². The molecule has 0 saturated carbocycles. The van der Waals surface area contributed by atoms with Crippen molar-refractivity contribution in [2.24, 2.45) is 0 Å². The van der Waals surface area contributed by atoms with Gasteiger partial charge in [0, 0.05) is 47.1 Å². The van der Waals surface area contributed by atoms with Gasteiger partial charge in [0.25, 0.3) is 0 Å². The predicted molar refractivity (Wildman–Crippen MR) is 120 cm³/mol. The minimum atomic E-state index is -0.121. The molecule has 1 saturated heterocycles.